The molecule has 0 radical (unpaired) electrons. The van der Waals surface area contributed by atoms with Crippen molar-refractivity contribution in [2.75, 3.05) is 11.5 Å². The highest BCUT2D eigenvalue weighted by molar-refractivity contribution is 6.22. The maximum atomic E-state index is 13.2. The van der Waals surface area contributed by atoms with E-state index in [1.807, 2.05) is 25.1 Å². The van der Waals surface area contributed by atoms with E-state index >= 15 is 0 Å². The number of carbonyl (C=O) groups is 3. The summed E-state index contributed by atoms with van der Waals surface area (Å²) in [5, 5.41) is 0. The van der Waals surface area contributed by atoms with Crippen LogP contribution in [0.15, 0.2) is 54.6 Å². The van der Waals surface area contributed by atoms with Crippen molar-refractivity contribution in [2.24, 2.45) is 11.8 Å². The number of hydrogen-bond donors (Lipinski definition) is 0. The van der Waals surface area contributed by atoms with Gasteiger partial charge in [-0.2, -0.15) is 0 Å². The van der Waals surface area contributed by atoms with E-state index in [2.05, 4.69) is 12.1 Å². The Labute approximate surface area is 170 Å². The maximum Gasteiger partial charge on any atom is 0.338 e. The lowest BCUT2D eigenvalue weighted by molar-refractivity contribution is -0.122. The fourth-order valence-corrected chi connectivity index (χ4v) is 4.51. The van der Waals surface area contributed by atoms with Gasteiger partial charge in [0.25, 0.3) is 0 Å². The highest BCUT2D eigenvalue weighted by atomic mass is 16.5. The summed E-state index contributed by atoms with van der Waals surface area (Å²) in [7, 11) is 0. The van der Waals surface area contributed by atoms with Gasteiger partial charge in [0.1, 0.15) is 0 Å². The molecule has 150 valence electrons. The normalized spacial score (nSPS) is 23.8. The molecule has 0 aromatic heterocycles. The molecule has 2 fully saturated rings. The maximum absolute atomic E-state index is 13.2. The molecule has 2 aliphatic rings. The summed E-state index contributed by atoms with van der Waals surface area (Å²) in [4.78, 5) is 39.7. The van der Waals surface area contributed by atoms with E-state index in [-0.39, 0.29) is 23.7 Å². The third-order valence-electron chi connectivity index (χ3n) is 5.97. The fourth-order valence-electron chi connectivity index (χ4n) is 4.51. The fraction of sp³-hybridized carbons (Fsp3) is 0.375. The number of imide groups is 1. The lowest BCUT2D eigenvalue weighted by Gasteiger charge is -2.28. The van der Waals surface area contributed by atoms with Gasteiger partial charge in [-0.25, -0.2) is 4.79 Å². The summed E-state index contributed by atoms with van der Waals surface area (Å²) >= 11 is 0. The van der Waals surface area contributed by atoms with Crippen LogP contribution in [0.2, 0.25) is 0 Å². The molecule has 29 heavy (non-hydrogen) atoms. The first kappa shape index (κ1) is 19.4. The van der Waals surface area contributed by atoms with Gasteiger partial charge in [0.05, 0.1) is 29.7 Å². The summed E-state index contributed by atoms with van der Waals surface area (Å²) in [5.74, 6) is -1.00. The number of ether oxygens (including phenoxy) is 1. The zero-order valence-corrected chi connectivity index (χ0v) is 16.5. The van der Waals surface area contributed by atoms with Crippen LogP contribution < -0.4 is 4.90 Å². The molecule has 1 saturated heterocycles. The third kappa shape index (κ3) is 3.69. The van der Waals surface area contributed by atoms with Crippen LogP contribution >= 0.6 is 0 Å². The van der Waals surface area contributed by atoms with Crippen LogP contribution in [0.5, 0.6) is 0 Å². The first-order valence-electron chi connectivity index (χ1n) is 10.3. The molecule has 0 bridgehead atoms. The molecule has 2 aromatic carbocycles. The molecule has 5 nitrogen and oxygen atoms in total. The van der Waals surface area contributed by atoms with Crippen LogP contribution in [-0.4, -0.2) is 24.4 Å². The smallest absolute Gasteiger partial charge is 0.338 e. The Hall–Kier alpha value is -2.95. The molecule has 2 aromatic rings. The van der Waals surface area contributed by atoms with Crippen LogP contribution in [0.4, 0.5) is 5.69 Å². The molecule has 3 atom stereocenters. The van der Waals surface area contributed by atoms with Gasteiger partial charge in [0.15, 0.2) is 0 Å². The van der Waals surface area contributed by atoms with Crippen molar-refractivity contribution in [1.29, 1.82) is 0 Å². The summed E-state index contributed by atoms with van der Waals surface area (Å²) in [6.45, 7) is 2.27. The highest BCUT2D eigenvalue weighted by Gasteiger charge is 2.50. The van der Waals surface area contributed by atoms with E-state index in [1.165, 1.54) is 10.5 Å². The van der Waals surface area contributed by atoms with E-state index < -0.39 is 5.97 Å². The molecule has 0 N–H and O–H groups in total. The molecule has 1 saturated carbocycles. The lowest BCUT2D eigenvalue weighted by Crippen LogP contribution is -2.31. The first-order chi connectivity index (χ1) is 14.1. The summed E-state index contributed by atoms with van der Waals surface area (Å²) in [6.07, 6.45) is 3.04. The molecule has 1 heterocycles. The van der Waals surface area contributed by atoms with E-state index in [4.69, 9.17) is 4.74 Å². The van der Waals surface area contributed by atoms with E-state index in [0.29, 0.717) is 36.6 Å². The van der Waals surface area contributed by atoms with Gasteiger partial charge < -0.3 is 4.74 Å². The number of nitrogens with zero attached hydrogens (tertiary/aromatic N) is 1. The number of anilines is 1. The predicted octanol–water partition coefficient (Wildman–Crippen LogP) is 4.33. The van der Waals surface area contributed by atoms with Crippen molar-refractivity contribution in [3.63, 3.8) is 0 Å². The Bertz CT molecular complexity index is 923. The first-order valence-corrected chi connectivity index (χ1v) is 10.3. The van der Waals surface area contributed by atoms with Gasteiger partial charge in [-0.15, -0.1) is 0 Å². The second-order valence-corrected chi connectivity index (χ2v) is 7.83. The molecule has 4 rings (SSSR count). The average molecular weight is 391 g/mol. The summed E-state index contributed by atoms with van der Waals surface area (Å²) in [6, 6.07) is 16.8. The number of fused-ring (bicyclic) bond motifs is 1. The molecule has 0 spiro atoms. The molecule has 2 amide bonds. The third-order valence-corrected chi connectivity index (χ3v) is 5.97. The Morgan fingerprint density at radius 1 is 1.00 bits per heavy atom. The monoisotopic (exact) mass is 391 g/mol. The van der Waals surface area contributed by atoms with Gasteiger partial charge in [0.2, 0.25) is 11.8 Å². The van der Waals surface area contributed by atoms with Crippen molar-refractivity contribution >= 4 is 23.5 Å². The molecular weight excluding hydrogens is 366 g/mol. The van der Waals surface area contributed by atoms with Crippen molar-refractivity contribution in [3.8, 4) is 0 Å². The molecule has 5 heteroatoms. The zero-order valence-electron chi connectivity index (χ0n) is 16.5. The second-order valence-electron chi connectivity index (χ2n) is 7.83. The minimum Gasteiger partial charge on any atom is -0.462 e. The lowest BCUT2D eigenvalue weighted by atomic mass is 9.73. The topological polar surface area (TPSA) is 63.7 Å². The van der Waals surface area contributed by atoms with Crippen molar-refractivity contribution in [3.05, 3.63) is 65.7 Å². The van der Waals surface area contributed by atoms with E-state index in [1.54, 1.807) is 24.3 Å². The quantitative estimate of drug-likeness (QED) is 0.562. The highest BCUT2D eigenvalue weighted by Crippen LogP contribution is 2.45. The SMILES string of the molecule is CCCOC(=O)c1cccc(N2C(=O)[C@H]3C[C@@H](c4ccccc4)CC[C@H]3C2=O)c1. The van der Waals surface area contributed by atoms with Crippen molar-refractivity contribution in [1.82, 2.24) is 0 Å². The van der Waals surface area contributed by atoms with Gasteiger partial charge in [-0.1, -0.05) is 43.3 Å². The van der Waals surface area contributed by atoms with E-state index in [0.717, 1.165) is 12.8 Å². The summed E-state index contributed by atoms with van der Waals surface area (Å²) in [5.41, 5.74) is 2.04. The van der Waals surface area contributed by atoms with Gasteiger partial charge in [-0.3, -0.25) is 14.5 Å². The Morgan fingerprint density at radius 3 is 2.52 bits per heavy atom. The minimum atomic E-state index is -0.436. The number of esters is 1. The molecule has 0 unspecified atom stereocenters. The second kappa shape index (κ2) is 8.19. The van der Waals surface area contributed by atoms with Gasteiger partial charge in [-0.05, 0) is 55.4 Å². The van der Waals surface area contributed by atoms with Gasteiger partial charge in [0, 0.05) is 0 Å². The zero-order chi connectivity index (χ0) is 20.4. The van der Waals surface area contributed by atoms with Crippen LogP contribution in [-0.2, 0) is 14.3 Å². The Morgan fingerprint density at radius 2 is 1.76 bits per heavy atom. The molecule has 1 aliphatic carbocycles. The number of rotatable bonds is 5. The molecular formula is C24H25NO4. The average Bonchev–Trinajstić information content (AvgIpc) is 3.02. The number of carbonyl (C=O) groups excluding carboxylic acids is 3. The Kier molecular flexibility index (Phi) is 5.47. The van der Waals surface area contributed by atoms with Crippen LogP contribution in [0.1, 0.15) is 54.4 Å². The predicted molar refractivity (Wildman–Crippen MR) is 110 cm³/mol. The number of hydrogen-bond acceptors (Lipinski definition) is 4. The van der Waals surface area contributed by atoms with Crippen LogP contribution in [0, 0.1) is 11.8 Å². The van der Waals surface area contributed by atoms with Crippen LogP contribution in [0.25, 0.3) is 0 Å². The van der Waals surface area contributed by atoms with Crippen molar-refractivity contribution < 1.29 is 19.1 Å². The van der Waals surface area contributed by atoms with Crippen molar-refractivity contribution in [2.45, 2.75) is 38.5 Å². The number of benzene rings is 2. The Balaban J connectivity index is 1.55. The number of amides is 2. The largest absolute Gasteiger partial charge is 0.462 e. The van der Waals surface area contributed by atoms with Gasteiger partial charge >= 0.3 is 5.97 Å². The minimum absolute atomic E-state index is 0.148. The summed E-state index contributed by atoms with van der Waals surface area (Å²) < 4.78 is 5.18. The van der Waals surface area contributed by atoms with Crippen LogP contribution in [0.3, 0.4) is 0 Å². The molecule has 1 aliphatic heterocycles. The van der Waals surface area contributed by atoms with E-state index in [9.17, 15) is 14.4 Å². The standard InChI is InChI=1S/C24H25NO4/c1-2-13-29-24(28)18-9-6-10-19(14-18)25-22(26)20-12-11-17(15-21(20)23(25)27)16-7-4-3-5-8-16/h3-10,14,17,20-21H,2,11-13,15H2,1H3/t17-,20+,21-/m0/s1.